The van der Waals surface area contributed by atoms with Crippen LogP contribution in [0.4, 0.5) is 17.1 Å². The molecule has 2 aromatic carbocycles. The summed E-state index contributed by atoms with van der Waals surface area (Å²) in [6.07, 6.45) is 1.49. The first-order valence-corrected chi connectivity index (χ1v) is 11.2. The summed E-state index contributed by atoms with van der Waals surface area (Å²) in [7, 11) is -3.44. The van der Waals surface area contributed by atoms with E-state index in [1.54, 1.807) is 30.0 Å². The summed E-state index contributed by atoms with van der Waals surface area (Å²) in [5.41, 5.74) is 4.58. The van der Waals surface area contributed by atoms with Crippen molar-refractivity contribution in [3.05, 3.63) is 53.1 Å². The van der Waals surface area contributed by atoms with E-state index in [1.165, 1.54) is 0 Å². The smallest absolute Gasteiger partial charge is 0.239 e. The standard InChI is InChI=1S/C21H25N3O4S/c1-13-6-8-17(11-15(13)3)24-10-9-18(21(24)26)20(25)22-16-7-5-14(2)19(12-16)23-29(4,27)28/h5-8,11-12,18,23H,9-10H2,1-4H3,(H,22,25). The van der Waals surface area contributed by atoms with Gasteiger partial charge in [-0.2, -0.15) is 0 Å². The van der Waals surface area contributed by atoms with E-state index in [0.29, 0.717) is 24.3 Å². The van der Waals surface area contributed by atoms with Crippen LogP contribution in [0.5, 0.6) is 0 Å². The van der Waals surface area contributed by atoms with Gasteiger partial charge in [0.05, 0.1) is 11.9 Å². The van der Waals surface area contributed by atoms with Gasteiger partial charge in [0.2, 0.25) is 21.8 Å². The van der Waals surface area contributed by atoms with Crippen LogP contribution in [0.2, 0.25) is 0 Å². The summed E-state index contributed by atoms with van der Waals surface area (Å²) >= 11 is 0. The topological polar surface area (TPSA) is 95.6 Å². The maximum absolute atomic E-state index is 12.8. The van der Waals surface area contributed by atoms with Gasteiger partial charge in [-0.3, -0.25) is 14.3 Å². The minimum atomic E-state index is -3.44. The Morgan fingerprint density at radius 2 is 1.72 bits per heavy atom. The Balaban J connectivity index is 1.74. The van der Waals surface area contributed by atoms with Gasteiger partial charge in [0.15, 0.2) is 0 Å². The van der Waals surface area contributed by atoms with Gasteiger partial charge in [-0.15, -0.1) is 0 Å². The molecular weight excluding hydrogens is 390 g/mol. The molecule has 7 nitrogen and oxygen atoms in total. The average Bonchev–Trinajstić information content (AvgIpc) is 3.00. The molecule has 2 amide bonds. The molecule has 1 atom stereocenters. The van der Waals surface area contributed by atoms with Crippen LogP contribution in [-0.4, -0.2) is 33.0 Å². The predicted octanol–water partition coefficient (Wildman–Crippen LogP) is 2.97. The van der Waals surface area contributed by atoms with E-state index in [0.717, 1.165) is 28.6 Å². The molecule has 0 radical (unpaired) electrons. The molecule has 2 N–H and O–H groups in total. The van der Waals surface area contributed by atoms with E-state index in [1.807, 2.05) is 32.0 Å². The van der Waals surface area contributed by atoms with Gasteiger partial charge in [0.1, 0.15) is 5.92 Å². The molecule has 29 heavy (non-hydrogen) atoms. The lowest BCUT2D eigenvalue weighted by atomic mass is 10.1. The summed E-state index contributed by atoms with van der Waals surface area (Å²) in [6.45, 7) is 6.24. The molecule has 2 aromatic rings. The number of benzene rings is 2. The van der Waals surface area contributed by atoms with Crippen LogP contribution in [0, 0.1) is 26.7 Å². The first-order valence-electron chi connectivity index (χ1n) is 9.33. The minimum Gasteiger partial charge on any atom is -0.325 e. The predicted molar refractivity (Wildman–Crippen MR) is 115 cm³/mol. The van der Waals surface area contributed by atoms with Crippen molar-refractivity contribution in [1.82, 2.24) is 0 Å². The van der Waals surface area contributed by atoms with Crippen LogP contribution in [-0.2, 0) is 19.6 Å². The second-order valence-electron chi connectivity index (χ2n) is 7.49. The molecule has 1 heterocycles. The van der Waals surface area contributed by atoms with Gasteiger partial charge < -0.3 is 10.2 Å². The fraction of sp³-hybridized carbons (Fsp3) is 0.333. The van der Waals surface area contributed by atoms with Crippen molar-refractivity contribution >= 4 is 38.9 Å². The van der Waals surface area contributed by atoms with Crippen molar-refractivity contribution in [3.63, 3.8) is 0 Å². The van der Waals surface area contributed by atoms with Crippen LogP contribution >= 0.6 is 0 Å². The average molecular weight is 416 g/mol. The highest BCUT2D eigenvalue weighted by Gasteiger charge is 2.37. The third kappa shape index (κ3) is 4.76. The Kier molecular flexibility index (Phi) is 5.66. The quantitative estimate of drug-likeness (QED) is 0.734. The second kappa shape index (κ2) is 7.87. The van der Waals surface area contributed by atoms with E-state index < -0.39 is 21.8 Å². The number of anilines is 3. The van der Waals surface area contributed by atoms with Crippen molar-refractivity contribution in [2.24, 2.45) is 5.92 Å². The highest BCUT2D eigenvalue weighted by molar-refractivity contribution is 7.92. The maximum Gasteiger partial charge on any atom is 0.239 e. The highest BCUT2D eigenvalue weighted by atomic mass is 32.2. The molecule has 0 aliphatic carbocycles. The zero-order valence-electron chi connectivity index (χ0n) is 16.9. The number of carbonyl (C=O) groups excluding carboxylic acids is 2. The molecule has 1 saturated heterocycles. The van der Waals surface area contributed by atoms with Gasteiger partial charge in [0.25, 0.3) is 0 Å². The van der Waals surface area contributed by atoms with Gasteiger partial charge in [-0.1, -0.05) is 12.1 Å². The summed E-state index contributed by atoms with van der Waals surface area (Å²) in [4.78, 5) is 27.2. The van der Waals surface area contributed by atoms with Crippen molar-refractivity contribution in [3.8, 4) is 0 Å². The van der Waals surface area contributed by atoms with Crippen molar-refractivity contribution in [2.45, 2.75) is 27.2 Å². The highest BCUT2D eigenvalue weighted by Crippen LogP contribution is 2.28. The SMILES string of the molecule is Cc1ccc(N2CCC(C(=O)Nc3ccc(C)c(NS(C)(=O)=O)c3)C2=O)cc1C. The molecular formula is C21H25N3O4S. The second-order valence-corrected chi connectivity index (χ2v) is 9.24. The molecule has 1 fully saturated rings. The molecule has 3 rings (SSSR count). The van der Waals surface area contributed by atoms with Gasteiger partial charge in [0, 0.05) is 17.9 Å². The van der Waals surface area contributed by atoms with Gasteiger partial charge >= 0.3 is 0 Å². The lowest BCUT2D eigenvalue weighted by Gasteiger charge is -2.18. The Labute approximate surface area is 171 Å². The molecule has 0 aromatic heterocycles. The number of hydrogen-bond donors (Lipinski definition) is 2. The Morgan fingerprint density at radius 3 is 2.38 bits per heavy atom. The molecule has 0 saturated carbocycles. The Hall–Kier alpha value is -2.87. The number of aryl methyl sites for hydroxylation is 3. The van der Waals surface area contributed by atoms with Crippen LogP contribution in [0.1, 0.15) is 23.1 Å². The minimum absolute atomic E-state index is 0.229. The first kappa shape index (κ1) is 20.9. The van der Waals surface area contributed by atoms with E-state index >= 15 is 0 Å². The largest absolute Gasteiger partial charge is 0.325 e. The number of amides is 2. The number of nitrogens with zero attached hydrogens (tertiary/aromatic N) is 1. The van der Waals surface area contributed by atoms with Crippen LogP contribution in [0.3, 0.4) is 0 Å². The first-order chi connectivity index (χ1) is 13.5. The van der Waals surface area contributed by atoms with Crippen molar-refractivity contribution in [1.29, 1.82) is 0 Å². The Bertz CT molecular complexity index is 1080. The Morgan fingerprint density at radius 1 is 1.03 bits per heavy atom. The number of rotatable bonds is 5. The van der Waals surface area contributed by atoms with E-state index in [2.05, 4.69) is 10.0 Å². The van der Waals surface area contributed by atoms with E-state index in [4.69, 9.17) is 0 Å². The monoisotopic (exact) mass is 415 g/mol. The lowest BCUT2D eigenvalue weighted by Crippen LogP contribution is -2.33. The van der Waals surface area contributed by atoms with Crippen LogP contribution < -0.4 is 14.9 Å². The van der Waals surface area contributed by atoms with Crippen molar-refractivity contribution < 1.29 is 18.0 Å². The number of sulfonamides is 1. The van der Waals surface area contributed by atoms with E-state index in [9.17, 15) is 18.0 Å². The normalized spacial score (nSPS) is 16.8. The summed E-state index contributed by atoms with van der Waals surface area (Å²) in [5.74, 6) is -1.40. The molecule has 1 unspecified atom stereocenters. The number of carbonyl (C=O) groups is 2. The van der Waals surface area contributed by atoms with Crippen LogP contribution in [0.25, 0.3) is 0 Å². The molecule has 1 aliphatic heterocycles. The number of hydrogen-bond acceptors (Lipinski definition) is 4. The molecule has 1 aliphatic rings. The van der Waals surface area contributed by atoms with Gasteiger partial charge in [-0.25, -0.2) is 8.42 Å². The summed E-state index contributed by atoms with van der Waals surface area (Å²) in [6, 6.07) is 10.8. The zero-order valence-corrected chi connectivity index (χ0v) is 17.8. The maximum atomic E-state index is 12.8. The third-order valence-corrected chi connectivity index (χ3v) is 5.72. The van der Waals surface area contributed by atoms with Gasteiger partial charge in [-0.05, 0) is 68.1 Å². The van der Waals surface area contributed by atoms with Crippen LogP contribution in [0.15, 0.2) is 36.4 Å². The summed E-state index contributed by atoms with van der Waals surface area (Å²) in [5, 5.41) is 2.74. The fourth-order valence-corrected chi connectivity index (χ4v) is 3.93. The number of nitrogens with one attached hydrogen (secondary N) is 2. The molecule has 154 valence electrons. The van der Waals surface area contributed by atoms with E-state index in [-0.39, 0.29) is 5.91 Å². The summed E-state index contributed by atoms with van der Waals surface area (Å²) < 4.78 is 25.4. The zero-order chi connectivity index (χ0) is 21.3. The fourth-order valence-electron chi connectivity index (χ4n) is 3.31. The molecule has 0 bridgehead atoms. The molecule has 0 spiro atoms. The molecule has 8 heteroatoms. The third-order valence-electron chi connectivity index (χ3n) is 5.12. The van der Waals surface area contributed by atoms with Crippen molar-refractivity contribution in [2.75, 3.05) is 27.7 Å². The lowest BCUT2D eigenvalue weighted by molar-refractivity contribution is -0.129.